The fourth-order valence-electron chi connectivity index (χ4n) is 1.38. The van der Waals surface area contributed by atoms with Gasteiger partial charge >= 0.3 is 6.09 Å². The number of alkyl carbamates (subject to hydrolysis) is 1. The summed E-state index contributed by atoms with van der Waals surface area (Å²) < 4.78 is 4.68. The molecule has 18 heavy (non-hydrogen) atoms. The predicted octanol–water partition coefficient (Wildman–Crippen LogP) is 2.06. The molecule has 0 fully saturated rings. The first-order valence-electron chi connectivity index (χ1n) is 5.87. The summed E-state index contributed by atoms with van der Waals surface area (Å²) in [6, 6.07) is 3.93. The van der Waals surface area contributed by atoms with Gasteiger partial charge in [-0.05, 0) is 25.3 Å². The second kappa shape index (κ2) is 7.71. The van der Waals surface area contributed by atoms with Gasteiger partial charge in [0.05, 0.1) is 12.6 Å². The van der Waals surface area contributed by atoms with Gasteiger partial charge in [-0.3, -0.25) is 4.79 Å². The molecule has 1 aromatic heterocycles. The number of amides is 2. The Morgan fingerprint density at radius 3 is 2.89 bits per heavy atom. The molecule has 0 aliphatic heterocycles. The summed E-state index contributed by atoms with van der Waals surface area (Å²) in [5.41, 5.74) is 0. The molecule has 0 saturated carbocycles. The Kier molecular flexibility index (Phi) is 6.21. The fourth-order valence-corrected chi connectivity index (χ4v) is 2.12. The van der Waals surface area contributed by atoms with Crippen LogP contribution in [-0.4, -0.2) is 25.2 Å². The summed E-state index contributed by atoms with van der Waals surface area (Å²) in [6.07, 6.45) is -0.245. The molecule has 0 unspecified atom stereocenters. The third kappa shape index (κ3) is 5.18. The SMILES string of the molecule is CCOC(=O)NCCC(=O)N[C@H](C)c1cccs1. The van der Waals surface area contributed by atoms with E-state index in [2.05, 4.69) is 15.4 Å². The first kappa shape index (κ1) is 14.5. The van der Waals surface area contributed by atoms with E-state index in [1.807, 2.05) is 24.4 Å². The third-order valence-electron chi connectivity index (χ3n) is 2.24. The van der Waals surface area contributed by atoms with Crippen LogP contribution in [-0.2, 0) is 9.53 Å². The van der Waals surface area contributed by atoms with Gasteiger partial charge in [-0.1, -0.05) is 6.07 Å². The molecule has 0 spiro atoms. The van der Waals surface area contributed by atoms with Crippen LogP contribution in [0.5, 0.6) is 0 Å². The van der Waals surface area contributed by atoms with Gasteiger partial charge in [-0.2, -0.15) is 0 Å². The van der Waals surface area contributed by atoms with Crippen LogP contribution in [0.25, 0.3) is 0 Å². The topological polar surface area (TPSA) is 67.4 Å². The third-order valence-corrected chi connectivity index (χ3v) is 3.30. The van der Waals surface area contributed by atoms with Crippen molar-refractivity contribution in [3.8, 4) is 0 Å². The molecule has 100 valence electrons. The highest BCUT2D eigenvalue weighted by Gasteiger charge is 2.10. The number of hydrogen-bond donors (Lipinski definition) is 2. The molecule has 0 aliphatic carbocycles. The molecular weight excluding hydrogens is 252 g/mol. The number of hydrogen-bond acceptors (Lipinski definition) is 4. The van der Waals surface area contributed by atoms with E-state index in [1.165, 1.54) is 0 Å². The zero-order valence-electron chi connectivity index (χ0n) is 10.6. The van der Waals surface area contributed by atoms with Gasteiger partial charge in [0.15, 0.2) is 0 Å². The molecule has 1 heterocycles. The highest BCUT2D eigenvalue weighted by atomic mass is 32.1. The molecule has 2 N–H and O–H groups in total. The average Bonchev–Trinajstić information content (AvgIpc) is 2.82. The van der Waals surface area contributed by atoms with Crippen LogP contribution in [0.1, 0.15) is 31.2 Å². The molecule has 2 amide bonds. The largest absolute Gasteiger partial charge is 0.450 e. The van der Waals surface area contributed by atoms with Crippen LogP contribution in [0.3, 0.4) is 0 Å². The lowest BCUT2D eigenvalue weighted by Crippen LogP contribution is -2.32. The molecule has 6 heteroatoms. The minimum atomic E-state index is -0.489. The molecule has 0 saturated heterocycles. The molecule has 1 atom stereocenters. The fraction of sp³-hybridized carbons (Fsp3) is 0.500. The van der Waals surface area contributed by atoms with Crippen LogP contribution < -0.4 is 10.6 Å². The van der Waals surface area contributed by atoms with Gasteiger partial charge in [0.25, 0.3) is 0 Å². The number of nitrogens with one attached hydrogen (secondary N) is 2. The van der Waals surface area contributed by atoms with E-state index in [9.17, 15) is 9.59 Å². The highest BCUT2D eigenvalue weighted by molar-refractivity contribution is 7.10. The van der Waals surface area contributed by atoms with Gasteiger partial charge in [0.2, 0.25) is 5.91 Å². The summed E-state index contributed by atoms with van der Waals surface area (Å²) in [6.45, 7) is 4.27. The monoisotopic (exact) mass is 270 g/mol. The number of carbonyl (C=O) groups is 2. The summed E-state index contributed by atoms with van der Waals surface area (Å²) in [5, 5.41) is 7.34. The van der Waals surface area contributed by atoms with Crippen LogP contribution in [0.4, 0.5) is 4.79 Å². The minimum Gasteiger partial charge on any atom is -0.450 e. The summed E-state index contributed by atoms with van der Waals surface area (Å²) >= 11 is 1.60. The number of rotatable bonds is 6. The van der Waals surface area contributed by atoms with Gasteiger partial charge in [-0.25, -0.2) is 4.79 Å². The smallest absolute Gasteiger partial charge is 0.407 e. The molecule has 1 aromatic rings. The minimum absolute atomic E-state index is 0.0000864. The standard InChI is InChI=1S/C12H18N2O3S/c1-3-17-12(16)13-7-6-11(15)14-9(2)10-5-4-8-18-10/h4-5,8-9H,3,6-7H2,1-2H3,(H,13,16)(H,14,15)/t9-/m1/s1. The summed E-state index contributed by atoms with van der Waals surface area (Å²) in [4.78, 5) is 23.7. The Hall–Kier alpha value is -1.56. The van der Waals surface area contributed by atoms with Gasteiger partial charge in [-0.15, -0.1) is 11.3 Å². The zero-order chi connectivity index (χ0) is 13.4. The lowest BCUT2D eigenvalue weighted by molar-refractivity contribution is -0.121. The second-order valence-electron chi connectivity index (χ2n) is 3.70. The molecule has 0 bridgehead atoms. The Bertz CT molecular complexity index is 379. The van der Waals surface area contributed by atoms with Crippen molar-refractivity contribution in [3.05, 3.63) is 22.4 Å². The van der Waals surface area contributed by atoms with Crippen molar-refractivity contribution in [2.24, 2.45) is 0 Å². The van der Waals surface area contributed by atoms with Crippen LogP contribution in [0.2, 0.25) is 0 Å². The Morgan fingerprint density at radius 2 is 2.28 bits per heavy atom. The summed E-state index contributed by atoms with van der Waals surface area (Å²) in [7, 11) is 0. The van der Waals surface area contributed by atoms with E-state index in [0.29, 0.717) is 6.61 Å². The Labute approximate surface area is 111 Å². The van der Waals surface area contributed by atoms with Crippen molar-refractivity contribution in [1.29, 1.82) is 0 Å². The van der Waals surface area contributed by atoms with Crippen molar-refractivity contribution in [2.45, 2.75) is 26.3 Å². The lowest BCUT2D eigenvalue weighted by Gasteiger charge is -2.12. The molecule has 1 rings (SSSR count). The second-order valence-corrected chi connectivity index (χ2v) is 4.68. The first-order valence-corrected chi connectivity index (χ1v) is 6.74. The zero-order valence-corrected chi connectivity index (χ0v) is 11.4. The van der Waals surface area contributed by atoms with Crippen molar-refractivity contribution in [1.82, 2.24) is 10.6 Å². The normalized spacial score (nSPS) is 11.7. The molecule has 0 aliphatic rings. The average molecular weight is 270 g/mol. The van der Waals surface area contributed by atoms with Crippen LogP contribution >= 0.6 is 11.3 Å². The van der Waals surface area contributed by atoms with E-state index in [4.69, 9.17) is 0 Å². The van der Waals surface area contributed by atoms with Crippen molar-refractivity contribution < 1.29 is 14.3 Å². The van der Waals surface area contributed by atoms with E-state index >= 15 is 0 Å². The van der Waals surface area contributed by atoms with Gasteiger partial charge in [0, 0.05) is 17.8 Å². The maximum absolute atomic E-state index is 11.6. The molecule has 5 nitrogen and oxygen atoms in total. The number of carbonyl (C=O) groups excluding carboxylic acids is 2. The predicted molar refractivity (Wildman–Crippen MR) is 70.5 cm³/mol. The van der Waals surface area contributed by atoms with E-state index in [0.717, 1.165) is 4.88 Å². The maximum Gasteiger partial charge on any atom is 0.407 e. The van der Waals surface area contributed by atoms with Gasteiger partial charge < -0.3 is 15.4 Å². The number of thiophene rings is 1. The first-order chi connectivity index (χ1) is 8.63. The quantitative estimate of drug-likeness (QED) is 0.831. The van der Waals surface area contributed by atoms with Crippen molar-refractivity contribution in [2.75, 3.05) is 13.2 Å². The van der Waals surface area contributed by atoms with Crippen LogP contribution in [0.15, 0.2) is 17.5 Å². The van der Waals surface area contributed by atoms with E-state index in [1.54, 1.807) is 18.3 Å². The number of ether oxygens (including phenoxy) is 1. The van der Waals surface area contributed by atoms with Crippen molar-refractivity contribution in [3.63, 3.8) is 0 Å². The summed E-state index contributed by atoms with van der Waals surface area (Å²) in [5.74, 6) is -0.0901. The Balaban J connectivity index is 2.20. The van der Waals surface area contributed by atoms with Crippen molar-refractivity contribution >= 4 is 23.3 Å². The Morgan fingerprint density at radius 1 is 1.50 bits per heavy atom. The van der Waals surface area contributed by atoms with E-state index < -0.39 is 6.09 Å². The molecule has 0 radical (unpaired) electrons. The van der Waals surface area contributed by atoms with Gasteiger partial charge in [0.1, 0.15) is 0 Å². The van der Waals surface area contributed by atoms with E-state index in [-0.39, 0.29) is 24.9 Å². The van der Waals surface area contributed by atoms with Crippen LogP contribution in [0, 0.1) is 0 Å². The molecule has 0 aromatic carbocycles. The highest BCUT2D eigenvalue weighted by Crippen LogP contribution is 2.17. The lowest BCUT2D eigenvalue weighted by atomic mass is 10.2. The maximum atomic E-state index is 11.6. The molecular formula is C12H18N2O3S.